The zero-order chi connectivity index (χ0) is 42.5. The maximum absolute atomic E-state index is 14.2. The van der Waals surface area contributed by atoms with Crippen molar-refractivity contribution in [2.75, 3.05) is 31.6 Å². The maximum Gasteiger partial charge on any atom is 0.305 e. The summed E-state index contributed by atoms with van der Waals surface area (Å²) >= 11 is 1.44. The molecule has 0 aliphatic carbocycles. The highest BCUT2D eigenvalue weighted by Crippen LogP contribution is 2.26. The van der Waals surface area contributed by atoms with Crippen LogP contribution >= 0.6 is 11.8 Å². The summed E-state index contributed by atoms with van der Waals surface area (Å²) in [5.74, 6) is -6.37. The van der Waals surface area contributed by atoms with E-state index in [1.165, 1.54) is 40.6 Å². The summed E-state index contributed by atoms with van der Waals surface area (Å²) in [5, 5.41) is 32.4. The van der Waals surface area contributed by atoms with Gasteiger partial charge in [-0.25, -0.2) is 0 Å². The molecular formula is C37H54N10O10S. The second-order valence-corrected chi connectivity index (χ2v) is 15.5. The monoisotopic (exact) mass is 830 g/mol. The number of fused-ring (bicyclic) bond motifs is 2. The van der Waals surface area contributed by atoms with Crippen molar-refractivity contribution in [2.45, 2.75) is 107 Å². The van der Waals surface area contributed by atoms with E-state index in [9.17, 15) is 48.6 Å². The number of carboxylic acid groups (broad SMARTS) is 1. The molecule has 3 fully saturated rings. The topological polar surface area (TPSA) is 308 Å². The molecule has 4 rings (SSSR count). The van der Waals surface area contributed by atoms with Crippen molar-refractivity contribution in [1.29, 1.82) is 0 Å². The normalized spacial score (nSPS) is 26.6. The summed E-state index contributed by atoms with van der Waals surface area (Å²) in [7, 11) is 0. The Balaban J connectivity index is 1.75. The van der Waals surface area contributed by atoms with Crippen LogP contribution in [-0.4, -0.2) is 147 Å². The van der Waals surface area contributed by atoms with Gasteiger partial charge in [0.2, 0.25) is 41.4 Å². The molecule has 20 nitrogen and oxygen atoms in total. The first kappa shape index (κ1) is 45.1. The van der Waals surface area contributed by atoms with Crippen molar-refractivity contribution >= 4 is 65.0 Å². The number of carbonyl (C=O) groups is 8. The number of thioether (sulfide) groups is 1. The Morgan fingerprint density at radius 3 is 1.97 bits per heavy atom. The van der Waals surface area contributed by atoms with Gasteiger partial charge in [0, 0.05) is 26.1 Å². The molecule has 3 aliphatic heterocycles. The Bertz CT molecular complexity index is 1730. The first-order valence-corrected chi connectivity index (χ1v) is 20.7. The zero-order valence-electron chi connectivity index (χ0n) is 32.6. The number of carbonyl (C=O) groups excluding carboxylic acids is 7. The number of carboxylic acids is 1. The van der Waals surface area contributed by atoms with Gasteiger partial charge in [0.1, 0.15) is 48.0 Å². The number of aromatic hydroxyl groups is 1. The fraction of sp³-hybridized carbons (Fsp3) is 0.595. The SMILES string of the molecule is CSCC[C@@H]1NC(=O)[C@H](C)NC(=O)[C@H](CC(=O)O)NC(=O)[C@H](CCCN=C(N)N)NC(=O)[C@H](Cc2ccc(O)cc2)NC(=O)[C@@H]2CCCN2C(=O)[C@H]2CCCN2C1=O. The van der Waals surface area contributed by atoms with E-state index in [1.807, 2.05) is 6.26 Å². The number of phenols is 1. The molecule has 0 unspecified atom stereocenters. The van der Waals surface area contributed by atoms with Gasteiger partial charge in [-0.05, 0) is 81.6 Å². The van der Waals surface area contributed by atoms with Gasteiger partial charge < -0.3 is 58.1 Å². The predicted octanol–water partition coefficient (Wildman–Crippen LogP) is -2.34. The van der Waals surface area contributed by atoms with Crippen LogP contribution in [0.2, 0.25) is 0 Å². The van der Waals surface area contributed by atoms with Crippen LogP contribution in [0.15, 0.2) is 29.3 Å². The molecular weight excluding hydrogens is 777 g/mol. The second-order valence-electron chi connectivity index (χ2n) is 14.6. The summed E-state index contributed by atoms with van der Waals surface area (Å²) in [6.45, 7) is 1.84. The van der Waals surface area contributed by atoms with Crippen LogP contribution in [0.4, 0.5) is 0 Å². The molecule has 1 aromatic rings. The molecule has 7 atom stereocenters. The van der Waals surface area contributed by atoms with Gasteiger partial charge in [-0.2, -0.15) is 11.8 Å². The lowest BCUT2D eigenvalue weighted by Crippen LogP contribution is -2.59. The molecule has 7 amide bonds. The number of aliphatic carboxylic acids is 1. The van der Waals surface area contributed by atoms with Crippen LogP contribution in [-0.2, 0) is 44.8 Å². The van der Waals surface area contributed by atoms with E-state index in [-0.39, 0.29) is 63.4 Å². The highest BCUT2D eigenvalue weighted by Gasteiger charge is 2.44. The fourth-order valence-electron chi connectivity index (χ4n) is 7.20. The number of nitrogens with zero attached hydrogens (tertiary/aromatic N) is 3. The van der Waals surface area contributed by atoms with E-state index in [2.05, 4.69) is 31.6 Å². The van der Waals surface area contributed by atoms with Gasteiger partial charge in [0.05, 0.1) is 6.42 Å². The number of aliphatic imine (C=N–C) groups is 1. The van der Waals surface area contributed by atoms with Crippen molar-refractivity contribution in [2.24, 2.45) is 16.5 Å². The Morgan fingerprint density at radius 2 is 1.33 bits per heavy atom. The first-order chi connectivity index (χ1) is 27.6. The van der Waals surface area contributed by atoms with E-state index in [4.69, 9.17) is 11.5 Å². The maximum atomic E-state index is 14.2. The highest BCUT2D eigenvalue weighted by molar-refractivity contribution is 7.98. The Morgan fingerprint density at radius 1 is 0.759 bits per heavy atom. The number of nitrogens with two attached hydrogens (primary N) is 2. The number of amides is 7. The lowest BCUT2D eigenvalue weighted by Gasteiger charge is -2.33. The minimum absolute atomic E-state index is 0.0359. The molecule has 0 saturated carbocycles. The van der Waals surface area contributed by atoms with E-state index < -0.39 is 96.0 Å². The number of nitrogens with one attached hydrogen (secondary N) is 5. The minimum Gasteiger partial charge on any atom is -0.508 e. The van der Waals surface area contributed by atoms with Gasteiger partial charge >= 0.3 is 5.97 Å². The zero-order valence-corrected chi connectivity index (χ0v) is 33.4. The van der Waals surface area contributed by atoms with Crippen LogP contribution in [0.25, 0.3) is 0 Å². The number of hydrogen-bond acceptors (Lipinski definition) is 11. The van der Waals surface area contributed by atoms with Gasteiger partial charge in [-0.1, -0.05) is 12.1 Å². The molecule has 58 heavy (non-hydrogen) atoms. The third-order valence-corrected chi connectivity index (χ3v) is 10.9. The number of hydrogen-bond donors (Lipinski definition) is 9. The third kappa shape index (κ3) is 12.4. The van der Waals surface area contributed by atoms with Crippen molar-refractivity contribution in [3.63, 3.8) is 0 Å². The molecule has 3 saturated heterocycles. The van der Waals surface area contributed by atoms with Crippen LogP contribution in [0.3, 0.4) is 0 Å². The molecule has 11 N–H and O–H groups in total. The number of phenolic OH excluding ortho intramolecular Hbond substituents is 1. The molecule has 1 aromatic carbocycles. The molecule has 0 aromatic heterocycles. The van der Waals surface area contributed by atoms with Gasteiger partial charge in [-0.15, -0.1) is 0 Å². The summed E-state index contributed by atoms with van der Waals surface area (Å²) in [6.07, 6.45) is 2.66. The average molecular weight is 831 g/mol. The fourth-order valence-corrected chi connectivity index (χ4v) is 7.67. The third-order valence-electron chi connectivity index (χ3n) is 10.2. The molecule has 21 heteroatoms. The average Bonchev–Trinajstić information content (AvgIpc) is 3.88. The van der Waals surface area contributed by atoms with Gasteiger partial charge in [-0.3, -0.25) is 43.3 Å². The lowest BCUT2D eigenvalue weighted by atomic mass is 10.0. The number of rotatable bonds is 11. The van der Waals surface area contributed by atoms with Crippen molar-refractivity contribution < 1.29 is 48.6 Å². The standard InChI is InChI=1S/C37H54N10O10S/c1-20-30(51)43-24(13-17-58-2)35(56)47-16-5-8-28(47)36(57)46-15-4-7-27(46)34(55)45-25(18-21-9-11-22(48)12-10-21)33(54)42-23(6-3-14-40-37(38)39)31(52)44-26(19-29(49)50)32(53)41-20/h9-12,20,23-28,48H,3-8,13-19H2,1-2H3,(H,41,53)(H,42,54)(H,43,51)(H,44,52)(H,45,55)(H,49,50)(H4,38,39,40)/t20-,23-,24-,25-,26-,27-,28+/m0/s1. The Hall–Kier alpha value is -5.60. The molecule has 3 aliphatic rings. The predicted molar refractivity (Wildman–Crippen MR) is 212 cm³/mol. The molecule has 0 bridgehead atoms. The van der Waals surface area contributed by atoms with Crippen molar-refractivity contribution in [3.05, 3.63) is 29.8 Å². The largest absolute Gasteiger partial charge is 0.508 e. The lowest BCUT2D eigenvalue weighted by molar-refractivity contribution is -0.148. The summed E-state index contributed by atoms with van der Waals surface area (Å²) in [6, 6.07) is -2.81. The van der Waals surface area contributed by atoms with Crippen LogP contribution in [0.5, 0.6) is 5.75 Å². The molecule has 0 radical (unpaired) electrons. The van der Waals surface area contributed by atoms with Crippen LogP contribution in [0, 0.1) is 0 Å². The Labute approximate surface area is 340 Å². The quantitative estimate of drug-likeness (QED) is 0.0643. The minimum atomic E-state index is -1.71. The highest BCUT2D eigenvalue weighted by atomic mass is 32.2. The molecule has 318 valence electrons. The van der Waals surface area contributed by atoms with Gasteiger partial charge in [0.25, 0.3) is 0 Å². The smallest absolute Gasteiger partial charge is 0.305 e. The van der Waals surface area contributed by atoms with E-state index in [1.54, 1.807) is 12.1 Å². The van der Waals surface area contributed by atoms with E-state index in [0.29, 0.717) is 30.6 Å². The van der Waals surface area contributed by atoms with Crippen molar-refractivity contribution in [3.8, 4) is 5.75 Å². The van der Waals surface area contributed by atoms with E-state index in [0.717, 1.165) is 0 Å². The summed E-state index contributed by atoms with van der Waals surface area (Å²) < 4.78 is 0. The van der Waals surface area contributed by atoms with E-state index >= 15 is 0 Å². The molecule has 0 spiro atoms. The van der Waals surface area contributed by atoms with Crippen molar-refractivity contribution in [1.82, 2.24) is 36.4 Å². The number of guanidine groups is 1. The van der Waals surface area contributed by atoms with Crippen LogP contribution < -0.4 is 38.1 Å². The van der Waals surface area contributed by atoms with Crippen LogP contribution in [0.1, 0.15) is 63.9 Å². The number of benzene rings is 1. The van der Waals surface area contributed by atoms with Gasteiger partial charge in [0.15, 0.2) is 5.96 Å². The second kappa shape index (κ2) is 21.2. The first-order valence-electron chi connectivity index (χ1n) is 19.3. The summed E-state index contributed by atoms with van der Waals surface area (Å²) in [4.78, 5) is 116. The Kier molecular flexibility index (Phi) is 16.5. The molecule has 3 heterocycles. The summed E-state index contributed by atoms with van der Waals surface area (Å²) in [5.41, 5.74) is 11.4.